The lowest BCUT2D eigenvalue weighted by atomic mass is 10.1. The average Bonchev–Trinajstić information content (AvgIpc) is 2.37. The molecule has 20 heavy (non-hydrogen) atoms. The number of ether oxygens (including phenoxy) is 2. The van der Waals surface area contributed by atoms with Gasteiger partial charge in [-0.05, 0) is 32.0 Å². The molecule has 1 aromatic carbocycles. The van der Waals surface area contributed by atoms with Crippen LogP contribution in [0.3, 0.4) is 0 Å². The van der Waals surface area contributed by atoms with Crippen molar-refractivity contribution in [3.8, 4) is 5.75 Å². The van der Waals surface area contributed by atoms with Gasteiger partial charge in [0.15, 0.2) is 0 Å². The summed E-state index contributed by atoms with van der Waals surface area (Å²) in [5.41, 5.74) is 0.220. The smallest absolute Gasteiger partial charge is 0.406 e. The molecule has 1 aromatic rings. The van der Waals surface area contributed by atoms with Crippen LogP contribution in [0.15, 0.2) is 18.2 Å². The molecule has 1 aliphatic heterocycles. The highest BCUT2D eigenvalue weighted by Gasteiger charge is 2.31. The molecule has 0 radical (unpaired) electrons. The first kappa shape index (κ1) is 15.1. The summed E-state index contributed by atoms with van der Waals surface area (Å²) >= 11 is 0. The number of piperidine rings is 1. The van der Waals surface area contributed by atoms with Crippen LogP contribution in [0, 0.1) is 5.82 Å². The first-order valence-corrected chi connectivity index (χ1v) is 6.30. The highest BCUT2D eigenvalue weighted by atomic mass is 19.4. The minimum atomic E-state index is -4.82. The zero-order valence-electron chi connectivity index (χ0n) is 10.7. The van der Waals surface area contributed by atoms with E-state index in [2.05, 4.69) is 10.1 Å². The minimum Gasteiger partial charge on any atom is -0.406 e. The first-order chi connectivity index (χ1) is 9.44. The first-order valence-electron chi connectivity index (χ1n) is 6.30. The van der Waals surface area contributed by atoms with Gasteiger partial charge in [-0.3, -0.25) is 0 Å². The molecule has 7 heteroatoms. The van der Waals surface area contributed by atoms with E-state index in [1.165, 1.54) is 6.07 Å². The van der Waals surface area contributed by atoms with Crippen LogP contribution in [0.4, 0.5) is 17.6 Å². The third-order valence-electron chi connectivity index (χ3n) is 3.02. The van der Waals surface area contributed by atoms with E-state index in [-0.39, 0.29) is 18.3 Å². The predicted molar refractivity (Wildman–Crippen MR) is 63.8 cm³/mol. The van der Waals surface area contributed by atoms with Crippen LogP contribution in [0.25, 0.3) is 0 Å². The van der Waals surface area contributed by atoms with Gasteiger partial charge in [-0.15, -0.1) is 13.2 Å². The van der Waals surface area contributed by atoms with E-state index in [0.29, 0.717) is 6.07 Å². The summed E-state index contributed by atoms with van der Waals surface area (Å²) in [6.45, 7) is 1.75. The van der Waals surface area contributed by atoms with E-state index in [9.17, 15) is 17.6 Å². The molecular formula is C13H15F4NO2. The molecule has 112 valence electrons. The second-order valence-corrected chi connectivity index (χ2v) is 4.56. The Kier molecular flexibility index (Phi) is 4.82. The summed E-state index contributed by atoms with van der Waals surface area (Å²) in [6, 6.07) is 3.05. The summed E-state index contributed by atoms with van der Waals surface area (Å²) in [6.07, 6.45) is -3.07. The lowest BCUT2D eigenvalue weighted by molar-refractivity contribution is -0.274. The largest absolute Gasteiger partial charge is 0.573 e. The van der Waals surface area contributed by atoms with Crippen molar-refractivity contribution in [1.29, 1.82) is 0 Å². The molecule has 1 heterocycles. The number of halogens is 4. The Balaban J connectivity index is 1.92. The second-order valence-electron chi connectivity index (χ2n) is 4.56. The maximum Gasteiger partial charge on any atom is 0.573 e. The Morgan fingerprint density at radius 2 is 1.90 bits per heavy atom. The molecule has 3 nitrogen and oxygen atoms in total. The van der Waals surface area contributed by atoms with Gasteiger partial charge in [0.05, 0.1) is 12.7 Å². The fraction of sp³-hybridized carbons (Fsp3) is 0.538. The number of hydrogen-bond acceptors (Lipinski definition) is 3. The number of benzene rings is 1. The summed E-state index contributed by atoms with van der Waals surface area (Å²) in [7, 11) is 0. The normalized spacial score (nSPS) is 17.2. The van der Waals surface area contributed by atoms with Gasteiger partial charge in [-0.1, -0.05) is 6.07 Å². The van der Waals surface area contributed by atoms with Gasteiger partial charge in [0.25, 0.3) is 0 Å². The Morgan fingerprint density at radius 3 is 2.50 bits per heavy atom. The van der Waals surface area contributed by atoms with Gasteiger partial charge in [0, 0.05) is 11.6 Å². The summed E-state index contributed by atoms with van der Waals surface area (Å²) in [5, 5.41) is 3.18. The third kappa shape index (κ3) is 4.64. The van der Waals surface area contributed by atoms with E-state index in [0.717, 1.165) is 32.0 Å². The topological polar surface area (TPSA) is 30.5 Å². The fourth-order valence-electron chi connectivity index (χ4n) is 2.01. The molecule has 0 aliphatic carbocycles. The van der Waals surface area contributed by atoms with Crippen LogP contribution in [-0.2, 0) is 11.3 Å². The number of hydrogen-bond donors (Lipinski definition) is 1. The van der Waals surface area contributed by atoms with Crippen LogP contribution < -0.4 is 10.1 Å². The lowest BCUT2D eigenvalue weighted by Gasteiger charge is -2.23. The Hall–Kier alpha value is -1.34. The monoisotopic (exact) mass is 293 g/mol. The lowest BCUT2D eigenvalue weighted by Crippen LogP contribution is -2.32. The number of alkyl halides is 3. The highest BCUT2D eigenvalue weighted by molar-refractivity contribution is 5.28. The van der Waals surface area contributed by atoms with Crippen LogP contribution in [0.2, 0.25) is 0 Å². The Bertz CT molecular complexity index is 444. The standard InChI is InChI=1S/C13H15F4NO2/c14-12-7-11(20-13(15,16)17)2-1-9(12)8-19-10-3-5-18-6-4-10/h1-2,7,10,18H,3-6,8H2. The summed E-state index contributed by atoms with van der Waals surface area (Å²) < 4.78 is 58.8. The van der Waals surface area contributed by atoms with E-state index in [1.807, 2.05) is 0 Å². The van der Waals surface area contributed by atoms with Crippen molar-refractivity contribution in [2.45, 2.75) is 31.9 Å². The molecule has 1 saturated heterocycles. The van der Waals surface area contributed by atoms with Gasteiger partial charge in [0.2, 0.25) is 0 Å². The molecule has 1 N–H and O–H groups in total. The van der Waals surface area contributed by atoms with Gasteiger partial charge in [-0.25, -0.2) is 4.39 Å². The number of rotatable bonds is 4. The van der Waals surface area contributed by atoms with Crippen molar-refractivity contribution in [3.05, 3.63) is 29.6 Å². The Morgan fingerprint density at radius 1 is 1.20 bits per heavy atom. The van der Waals surface area contributed by atoms with E-state index in [1.54, 1.807) is 0 Å². The maximum atomic E-state index is 13.6. The van der Waals surface area contributed by atoms with Crippen LogP contribution in [0.5, 0.6) is 5.75 Å². The van der Waals surface area contributed by atoms with Crippen LogP contribution >= 0.6 is 0 Å². The van der Waals surface area contributed by atoms with Crippen molar-refractivity contribution in [2.75, 3.05) is 13.1 Å². The van der Waals surface area contributed by atoms with Gasteiger partial charge >= 0.3 is 6.36 Å². The minimum absolute atomic E-state index is 0.0444. The highest BCUT2D eigenvalue weighted by Crippen LogP contribution is 2.25. The SMILES string of the molecule is Fc1cc(OC(F)(F)F)ccc1COC1CCNCC1. The van der Waals surface area contributed by atoms with Crippen molar-refractivity contribution in [1.82, 2.24) is 5.32 Å². The zero-order valence-corrected chi connectivity index (χ0v) is 10.7. The third-order valence-corrected chi connectivity index (χ3v) is 3.02. The molecule has 0 bridgehead atoms. The van der Waals surface area contributed by atoms with E-state index in [4.69, 9.17) is 4.74 Å². The Labute approximate surface area is 113 Å². The average molecular weight is 293 g/mol. The quantitative estimate of drug-likeness (QED) is 0.866. The fourth-order valence-corrected chi connectivity index (χ4v) is 2.01. The molecule has 2 rings (SSSR count). The van der Waals surface area contributed by atoms with Crippen molar-refractivity contribution >= 4 is 0 Å². The molecule has 0 amide bonds. The molecule has 0 unspecified atom stereocenters. The second kappa shape index (κ2) is 6.41. The van der Waals surface area contributed by atoms with Gasteiger partial charge < -0.3 is 14.8 Å². The van der Waals surface area contributed by atoms with Crippen molar-refractivity contribution in [3.63, 3.8) is 0 Å². The molecule has 0 spiro atoms. The van der Waals surface area contributed by atoms with Crippen LogP contribution in [0.1, 0.15) is 18.4 Å². The molecule has 0 atom stereocenters. The van der Waals surface area contributed by atoms with E-state index >= 15 is 0 Å². The van der Waals surface area contributed by atoms with Gasteiger partial charge in [-0.2, -0.15) is 0 Å². The van der Waals surface area contributed by atoms with Crippen molar-refractivity contribution in [2.24, 2.45) is 0 Å². The molecule has 1 aliphatic rings. The molecule has 0 saturated carbocycles. The molecular weight excluding hydrogens is 278 g/mol. The van der Waals surface area contributed by atoms with E-state index < -0.39 is 17.9 Å². The molecule has 1 fully saturated rings. The van der Waals surface area contributed by atoms with Crippen molar-refractivity contribution < 1.29 is 27.0 Å². The summed E-state index contributed by atoms with van der Waals surface area (Å²) in [5.74, 6) is -1.33. The predicted octanol–water partition coefficient (Wildman–Crippen LogP) is 2.99. The summed E-state index contributed by atoms with van der Waals surface area (Å²) in [4.78, 5) is 0. The zero-order chi connectivity index (χ0) is 14.6. The molecule has 0 aromatic heterocycles. The number of nitrogens with one attached hydrogen (secondary N) is 1. The van der Waals surface area contributed by atoms with Gasteiger partial charge in [0.1, 0.15) is 11.6 Å². The maximum absolute atomic E-state index is 13.6. The van der Waals surface area contributed by atoms with Crippen LogP contribution in [-0.4, -0.2) is 25.6 Å².